The summed E-state index contributed by atoms with van der Waals surface area (Å²) < 4.78 is 0. The van der Waals surface area contributed by atoms with Crippen LogP contribution in [0.1, 0.15) is 25.5 Å². The topological polar surface area (TPSA) is 54.0 Å². The Balaban J connectivity index is 1.95. The summed E-state index contributed by atoms with van der Waals surface area (Å²) in [6.07, 6.45) is 1.58. The summed E-state index contributed by atoms with van der Waals surface area (Å²) in [5.74, 6) is -0.146. The van der Waals surface area contributed by atoms with E-state index in [1.165, 1.54) is 0 Å². The molecule has 0 aliphatic heterocycles. The zero-order chi connectivity index (χ0) is 15.2. The van der Waals surface area contributed by atoms with E-state index < -0.39 is 0 Å². The van der Waals surface area contributed by atoms with Gasteiger partial charge in [0.05, 0.1) is 11.7 Å². The van der Waals surface area contributed by atoms with Crippen LogP contribution in [0, 0.1) is 0 Å². The minimum absolute atomic E-state index is 0.0799. The lowest BCUT2D eigenvalue weighted by Gasteiger charge is -2.20. The van der Waals surface area contributed by atoms with Crippen molar-refractivity contribution in [3.05, 3.63) is 59.4 Å². The molecule has 2 N–H and O–H groups in total. The van der Waals surface area contributed by atoms with Crippen LogP contribution < -0.4 is 10.6 Å². The van der Waals surface area contributed by atoms with Crippen molar-refractivity contribution < 1.29 is 4.79 Å². The zero-order valence-corrected chi connectivity index (χ0v) is 12.8. The van der Waals surface area contributed by atoms with E-state index in [4.69, 9.17) is 11.6 Å². The lowest BCUT2D eigenvalue weighted by atomic mass is 10.1. The Hall–Kier alpha value is -1.91. The molecule has 0 radical (unpaired) electrons. The second kappa shape index (κ2) is 7.20. The summed E-state index contributed by atoms with van der Waals surface area (Å²) in [5, 5.41) is 6.32. The van der Waals surface area contributed by atoms with Crippen molar-refractivity contribution in [3.8, 4) is 0 Å². The number of rotatable bonds is 5. The monoisotopic (exact) mass is 303 g/mol. The molecule has 4 nitrogen and oxygen atoms in total. The minimum Gasteiger partial charge on any atom is -0.322 e. The van der Waals surface area contributed by atoms with Gasteiger partial charge in [-0.2, -0.15) is 0 Å². The van der Waals surface area contributed by atoms with Gasteiger partial charge in [0, 0.05) is 12.2 Å². The van der Waals surface area contributed by atoms with Gasteiger partial charge in [0.25, 0.3) is 0 Å². The number of hydrogen-bond donors (Lipinski definition) is 2. The Morgan fingerprint density at radius 2 is 1.86 bits per heavy atom. The molecule has 0 aliphatic carbocycles. The van der Waals surface area contributed by atoms with Crippen molar-refractivity contribution in [2.75, 3.05) is 5.32 Å². The highest BCUT2D eigenvalue weighted by molar-refractivity contribution is 6.32. The third-order valence-electron chi connectivity index (χ3n) is 3.21. The quantitative estimate of drug-likeness (QED) is 0.832. The number of carbonyl (C=O) groups excluding carboxylic acids is 1. The predicted molar refractivity (Wildman–Crippen MR) is 85.3 cm³/mol. The van der Waals surface area contributed by atoms with Gasteiger partial charge in [0.2, 0.25) is 5.91 Å². The number of aromatic nitrogens is 1. The number of nitrogens with one attached hydrogen (secondary N) is 2. The van der Waals surface area contributed by atoms with Gasteiger partial charge in [0.1, 0.15) is 0 Å². The van der Waals surface area contributed by atoms with Gasteiger partial charge in [0.15, 0.2) is 5.15 Å². The maximum atomic E-state index is 12.2. The molecule has 2 rings (SSSR count). The summed E-state index contributed by atoms with van der Waals surface area (Å²) in [4.78, 5) is 16.1. The highest BCUT2D eigenvalue weighted by Crippen LogP contribution is 2.18. The van der Waals surface area contributed by atoms with Crippen molar-refractivity contribution in [3.63, 3.8) is 0 Å². The molecule has 0 unspecified atom stereocenters. The third kappa shape index (κ3) is 4.28. The first-order chi connectivity index (χ1) is 10.1. The van der Waals surface area contributed by atoms with Crippen LogP contribution in [0.15, 0.2) is 48.7 Å². The fourth-order valence-electron chi connectivity index (χ4n) is 2.01. The fraction of sp³-hybridized carbons (Fsp3) is 0.250. The van der Waals surface area contributed by atoms with Gasteiger partial charge in [-0.25, -0.2) is 4.98 Å². The molecule has 0 saturated heterocycles. The Morgan fingerprint density at radius 1 is 1.14 bits per heavy atom. The van der Waals surface area contributed by atoms with Crippen molar-refractivity contribution >= 4 is 23.2 Å². The van der Waals surface area contributed by atoms with Crippen LogP contribution in [0.3, 0.4) is 0 Å². The smallest absolute Gasteiger partial charge is 0.241 e. The summed E-state index contributed by atoms with van der Waals surface area (Å²) in [6, 6.07) is 13.2. The van der Waals surface area contributed by atoms with Crippen molar-refractivity contribution in [2.24, 2.45) is 0 Å². The average molecular weight is 304 g/mol. The molecular weight excluding hydrogens is 286 g/mol. The van der Waals surface area contributed by atoms with E-state index in [9.17, 15) is 4.79 Å². The molecule has 110 valence electrons. The Kier molecular flexibility index (Phi) is 5.31. The van der Waals surface area contributed by atoms with E-state index in [-0.39, 0.29) is 23.1 Å². The molecule has 0 bridgehead atoms. The van der Waals surface area contributed by atoms with Crippen molar-refractivity contribution in [1.82, 2.24) is 10.3 Å². The molecule has 5 heteroatoms. The predicted octanol–water partition coefficient (Wildman–Crippen LogP) is 3.41. The first-order valence-corrected chi connectivity index (χ1v) is 7.18. The van der Waals surface area contributed by atoms with Crippen molar-refractivity contribution in [1.29, 1.82) is 0 Å². The standard InChI is InChI=1S/C16H18ClN3O/c1-11(13-7-4-3-5-8-13)19-12(2)16(21)20-14-9-6-10-18-15(14)17/h3-12,19H,1-2H3,(H,20,21)/t11-,12-/m0/s1. The van der Waals surface area contributed by atoms with E-state index in [0.29, 0.717) is 5.69 Å². The van der Waals surface area contributed by atoms with Crippen molar-refractivity contribution in [2.45, 2.75) is 25.9 Å². The summed E-state index contributed by atoms with van der Waals surface area (Å²) in [7, 11) is 0. The van der Waals surface area contributed by atoms with E-state index in [1.807, 2.05) is 44.2 Å². The van der Waals surface area contributed by atoms with Crippen LogP contribution in [0.25, 0.3) is 0 Å². The average Bonchev–Trinajstić information content (AvgIpc) is 2.50. The molecule has 21 heavy (non-hydrogen) atoms. The first-order valence-electron chi connectivity index (χ1n) is 6.80. The van der Waals surface area contributed by atoms with E-state index in [2.05, 4.69) is 15.6 Å². The SMILES string of the molecule is C[C@H](N[C@@H](C)c1ccccc1)C(=O)Nc1cccnc1Cl. The summed E-state index contributed by atoms with van der Waals surface area (Å²) in [5.41, 5.74) is 1.65. The van der Waals surface area contributed by atoms with Gasteiger partial charge >= 0.3 is 0 Å². The molecule has 0 spiro atoms. The maximum absolute atomic E-state index is 12.2. The molecular formula is C16H18ClN3O. The Morgan fingerprint density at radius 3 is 2.52 bits per heavy atom. The number of halogens is 1. The highest BCUT2D eigenvalue weighted by Gasteiger charge is 2.17. The molecule has 0 aliphatic rings. The molecule has 0 fully saturated rings. The molecule has 1 heterocycles. The highest BCUT2D eigenvalue weighted by atomic mass is 35.5. The zero-order valence-electron chi connectivity index (χ0n) is 12.0. The largest absolute Gasteiger partial charge is 0.322 e. The number of pyridine rings is 1. The minimum atomic E-state index is -0.350. The number of amides is 1. The van der Waals surface area contributed by atoms with Crippen LogP contribution in [0.2, 0.25) is 5.15 Å². The molecule has 2 atom stereocenters. The van der Waals surface area contributed by atoms with Gasteiger partial charge < -0.3 is 5.32 Å². The van der Waals surface area contributed by atoms with Crippen LogP contribution in [0.4, 0.5) is 5.69 Å². The second-order valence-electron chi connectivity index (χ2n) is 4.85. The normalized spacial score (nSPS) is 13.5. The number of carbonyl (C=O) groups is 1. The number of anilines is 1. The summed E-state index contributed by atoms with van der Waals surface area (Å²) in [6.45, 7) is 3.84. The number of hydrogen-bond acceptors (Lipinski definition) is 3. The van der Waals surface area contributed by atoms with Gasteiger partial charge in [-0.3, -0.25) is 10.1 Å². The molecule has 1 aromatic heterocycles. The van der Waals surface area contributed by atoms with E-state index in [1.54, 1.807) is 18.3 Å². The molecule has 1 aromatic carbocycles. The van der Waals surface area contributed by atoms with Crippen LogP contribution in [0.5, 0.6) is 0 Å². The van der Waals surface area contributed by atoms with E-state index in [0.717, 1.165) is 5.56 Å². The molecule has 2 aromatic rings. The maximum Gasteiger partial charge on any atom is 0.241 e. The lowest BCUT2D eigenvalue weighted by molar-refractivity contribution is -0.117. The first kappa shape index (κ1) is 15.5. The lowest BCUT2D eigenvalue weighted by Crippen LogP contribution is -2.39. The van der Waals surface area contributed by atoms with Gasteiger partial charge in [-0.05, 0) is 31.5 Å². The molecule has 1 amide bonds. The summed E-state index contributed by atoms with van der Waals surface area (Å²) >= 11 is 5.93. The van der Waals surface area contributed by atoms with Crippen LogP contribution in [-0.4, -0.2) is 16.9 Å². The Labute approximate surface area is 129 Å². The van der Waals surface area contributed by atoms with Gasteiger partial charge in [-0.15, -0.1) is 0 Å². The molecule has 0 saturated carbocycles. The number of benzene rings is 1. The van der Waals surface area contributed by atoms with E-state index >= 15 is 0 Å². The Bertz CT molecular complexity index is 603. The van der Waals surface area contributed by atoms with Gasteiger partial charge in [-0.1, -0.05) is 41.9 Å². The second-order valence-corrected chi connectivity index (χ2v) is 5.21. The van der Waals surface area contributed by atoms with Crippen LogP contribution >= 0.6 is 11.6 Å². The fourth-order valence-corrected chi connectivity index (χ4v) is 2.18. The third-order valence-corrected chi connectivity index (χ3v) is 3.51. The number of nitrogens with zero attached hydrogens (tertiary/aromatic N) is 1. The van der Waals surface area contributed by atoms with Crippen LogP contribution in [-0.2, 0) is 4.79 Å².